The molecule has 0 radical (unpaired) electrons. The average Bonchev–Trinajstić information content (AvgIpc) is 2.65. The summed E-state index contributed by atoms with van der Waals surface area (Å²) in [5, 5.41) is 14.2. The molecule has 18 heavy (non-hydrogen) atoms. The normalized spacial score (nSPS) is 10.6. The molecule has 0 N–H and O–H groups in total. The summed E-state index contributed by atoms with van der Waals surface area (Å²) in [6.07, 6.45) is 1.30. The summed E-state index contributed by atoms with van der Waals surface area (Å²) in [6, 6.07) is 3.48. The first kappa shape index (κ1) is 12.6. The quantitative estimate of drug-likeness (QED) is 0.646. The van der Waals surface area contributed by atoms with Gasteiger partial charge >= 0.3 is 5.82 Å². The molecular weight excluding hydrogens is 312 g/mol. The summed E-state index contributed by atoms with van der Waals surface area (Å²) in [5.74, 6) is -1.83. The third kappa shape index (κ3) is 2.37. The van der Waals surface area contributed by atoms with Crippen LogP contribution in [0.15, 0.2) is 28.9 Å². The van der Waals surface area contributed by atoms with Gasteiger partial charge in [-0.1, -0.05) is 6.07 Å². The lowest BCUT2D eigenvalue weighted by Crippen LogP contribution is -2.05. The van der Waals surface area contributed by atoms with Gasteiger partial charge in [-0.25, -0.2) is 8.78 Å². The molecule has 0 unspecified atom stereocenters. The van der Waals surface area contributed by atoms with Gasteiger partial charge in [0.15, 0.2) is 0 Å². The monoisotopic (exact) mass is 317 g/mol. The lowest BCUT2D eigenvalue weighted by Gasteiger charge is -2.01. The number of benzene rings is 1. The van der Waals surface area contributed by atoms with Crippen molar-refractivity contribution in [1.29, 1.82) is 0 Å². The van der Waals surface area contributed by atoms with E-state index in [0.717, 1.165) is 16.8 Å². The second kappa shape index (κ2) is 4.81. The van der Waals surface area contributed by atoms with Gasteiger partial charge in [0.25, 0.3) is 0 Å². The molecule has 1 aromatic heterocycles. The Labute approximate surface area is 108 Å². The van der Waals surface area contributed by atoms with Gasteiger partial charge in [0.05, 0.1) is 17.8 Å². The highest BCUT2D eigenvalue weighted by atomic mass is 79.9. The van der Waals surface area contributed by atoms with E-state index in [1.165, 1.54) is 12.3 Å². The Morgan fingerprint density at radius 1 is 1.39 bits per heavy atom. The van der Waals surface area contributed by atoms with Crippen molar-refractivity contribution in [2.45, 2.75) is 6.54 Å². The maximum Gasteiger partial charge on any atom is 0.404 e. The minimum atomic E-state index is -0.718. The number of hydrogen-bond acceptors (Lipinski definition) is 3. The molecule has 0 atom stereocenters. The van der Waals surface area contributed by atoms with Crippen LogP contribution in [0.2, 0.25) is 0 Å². The minimum absolute atomic E-state index is 0.157. The van der Waals surface area contributed by atoms with Crippen molar-refractivity contribution in [3.05, 3.63) is 56.2 Å². The molecule has 5 nitrogen and oxygen atoms in total. The van der Waals surface area contributed by atoms with Gasteiger partial charge in [0.1, 0.15) is 16.1 Å². The van der Waals surface area contributed by atoms with Crippen molar-refractivity contribution in [2.24, 2.45) is 0 Å². The Morgan fingerprint density at radius 3 is 2.50 bits per heavy atom. The largest absolute Gasteiger partial charge is 0.404 e. The highest BCUT2D eigenvalue weighted by Crippen LogP contribution is 2.23. The van der Waals surface area contributed by atoms with Crippen LogP contribution in [0.4, 0.5) is 14.6 Å². The van der Waals surface area contributed by atoms with Crippen LogP contribution in [0.3, 0.4) is 0 Å². The SMILES string of the molecule is O=[N+]([O-])c1nn(Cc2c(F)cccc2F)cc1Br. The maximum absolute atomic E-state index is 13.4. The second-order valence-electron chi connectivity index (χ2n) is 3.46. The molecule has 0 saturated heterocycles. The van der Waals surface area contributed by atoms with Crippen LogP contribution in [-0.2, 0) is 6.54 Å². The number of nitrogens with zero attached hydrogens (tertiary/aromatic N) is 3. The smallest absolute Gasteiger partial charge is 0.358 e. The van der Waals surface area contributed by atoms with Crippen molar-refractivity contribution >= 4 is 21.7 Å². The van der Waals surface area contributed by atoms with Gasteiger partial charge in [-0.3, -0.25) is 0 Å². The third-order valence-electron chi connectivity index (χ3n) is 2.25. The van der Waals surface area contributed by atoms with E-state index in [0.29, 0.717) is 0 Å². The molecule has 0 spiro atoms. The summed E-state index contributed by atoms with van der Waals surface area (Å²) < 4.78 is 28.0. The number of hydrogen-bond donors (Lipinski definition) is 0. The Hall–Kier alpha value is -1.83. The average molecular weight is 318 g/mol. The Morgan fingerprint density at radius 2 is 2.00 bits per heavy atom. The fourth-order valence-electron chi connectivity index (χ4n) is 1.44. The van der Waals surface area contributed by atoms with E-state index in [2.05, 4.69) is 21.0 Å². The molecule has 2 rings (SSSR count). The molecule has 0 bridgehead atoms. The number of aromatic nitrogens is 2. The topological polar surface area (TPSA) is 61.0 Å². The van der Waals surface area contributed by atoms with Crippen LogP contribution in [0.25, 0.3) is 0 Å². The van der Waals surface area contributed by atoms with Crippen LogP contribution in [0, 0.1) is 21.7 Å². The zero-order valence-electron chi connectivity index (χ0n) is 8.81. The minimum Gasteiger partial charge on any atom is -0.358 e. The Kier molecular flexibility index (Phi) is 3.37. The van der Waals surface area contributed by atoms with Crippen molar-refractivity contribution in [3.8, 4) is 0 Å². The predicted molar refractivity (Wildman–Crippen MR) is 62.0 cm³/mol. The van der Waals surface area contributed by atoms with Gasteiger partial charge in [-0.05, 0) is 33.0 Å². The molecule has 8 heteroatoms. The van der Waals surface area contributed by atoms with Crippen molar-refractivity contribution in [3.63, 3.8) is 0 Å². The molecule has 1 aromatic carbocycles. The highest BCUT2D eigenvalue weighted by Gasteiger charge is 2.20. The zero-order valence-corrected chi connectivity index (χ0v) is 10.4. The number of nitro groups is 1. The molecule has 0 fully saturated rings. The first-order chi connectivity index (χ1) is 8.49. The summed E-state index contributed by atoms with van der Waals surface area (Å²) in [6.45, 7) is -0.217. The molecule has 2 aromatic rings. The van der Waals surface area contributed by atoms with Crippen LogP contribution >= 0.6 is 15.9 Å². The van der Waals surface area contributed by atoms with Crippen LogP contribution < -0.4 is 0 Å². The molecule has 0 aliphatic carbocycles. The fraction of sp³-hybridized carbons (Fsp3) is 0.100. The lowest BCUT2D eigenvalue weighted by atomic mass is 10.2. The molecule has 0 aliphatic heterocycles. The maximum atomic E-state index is 13.4. The molecular formula is C10H6BrF2N3O2. The molecule has 94 valence electrons. The predicted octanol–water partition coefficient (Wildman–Crippen LogP) is 2.88. The van der Waals surface area contributed by atoms with Gasteiger partial charge < -0.3 is 10.1 Å². The van der Waals surface area contributed by atoms with E-state index in [1.807, 2.05) is 0 Å². The van der Waals surface area contributed by atoms with Crippen LogP contribution in [0.5, 0.6) is 0 Å². The summed E-state index contributed by atoms with van der Waals surface area (Å²) in [7, 11) is 0. The molecule has 1 heterocycles. The van der Waals surface area contributed by atoms with E-state index < -0.39 is 22.4 Å². The standard InChI is InChI=1S/C10H6BrF2N3O2/c11-7-5-15(14-10(7)16(17)18)4-6-8(12)2-1-3-9(6)13/h1-3,5H,4H2. The molecule has 0 amide bonds. The number of halogens is 3. The summed E-state index contributed by atoms with van der Waals surface area (Å²) in [5.41, 5.74) is -0.192. The first-order valence-corrected chi connectivity index (χ1v) is 5.58. The first-order valence-electron chi connectivity index (χ1n) is 4.79. The van der Waals surface area contributed by atoms with Crippen molar-refractivity contribution < 1.29 is 13.7 Å². The van der Waals surface area contributed by atoms with Gasteiger partial charge in [-0.2, -0.15) is 4.68 Å². The Balaban J connectivity index is 2.35. The van der Waals surface area contributed by atoms with Crippen molar-refractivity contribution in [2.75, 3.05) is 0 Å². The van der Waals surface area contributed by atoms with Crippen molar-refractivity contribution in [1.82, 2.24) is 9.78 Å². The van der Waals surface area contributed by atoms with Gasteiger partial charge in [0.2, 0.25) is 0 Å². The van der Waals surface area contributed by atoms with E-state index in [1.54, 1.807) is 0 Å². The lowest BCUT2D eigenvalue weighted by molar-refractivity contribution is -0.390. The van der Waals surface area contributed by atoms with Crippen LogP contribution in [-0.4, -0.2) is 14.7 Å². The zero-order chi connectivity index (χ0) is 13.3. The number of rotatable bonds is 3. The third-order valence-corrected chi connectivity index (χ3v) is 2.81. The Bertz CT molecular complexity index is 595. The second-order valence-corrected chi connectivity index (χ2v) is 4.31. The summed E-state index contributed by atoms with van der Waals surface area (Å²) in [4.78, 5) is 9.89. The molecule has 0 aliphatic rings. The highest BCUT2D eigenvalue weighted by molar-refractivity contribution is 9.10. The van der Waals surface area contributed by atoms with E-state index >= 15 is 0 Å². The summed E-state index contributed by atoms with van der Waals surface area (Å²) >= 11 is 2.96. The van der Waals surface area contributed by atoms with Crippen LogP contribution in [0.1, 0.15) is 5.56 Å². The molecule has 0 saturated carbocycles. The van der Waals surface area contributed by atoms with Gasteiger partial charge in [-0.15, -0.1) is 0 Å². The van der Waals surface area contributed by atoms with Gasteiger partial charge in [0, 0.05) is 5.56 Å². The fourth-order valence-corrected chi connectivity index (χ4v) is 1.90. The van der Waals surface area contributed by atoms with E-state index in [-0.39, 0.29) is 16.6 Å². The van der Waals surface area contributed by atoms with E-state index in [9.17, 15) is 18.9 Å². The van der Waals surface area contributed by atoms with E-state index in [4.69, 9.17) is 0 Å².